The summed E-state index contributed by atoms with van der Waals surface area (Å²) < 4.78 is 0. The molecule has 0 spiro atoms. The van der Waals surface area contributed by atoms with E-state index in [-0.39, 0.29) is 36.3 Å². The SMILES string of the molecule is C=C(c1ccc([N+](=O)[O-])cc1)[C@@]1([N+](=O)[O-])CC[C@@](C)(O)[C@@H](C(C)=O)C1. The van der Waals surface area contributed by atoms with Crippen molar-refractivity contribution in [1.82, 2.24) is 0 Å². The maximum Gasteiger partial charge on any atom is 0.269 e. The van der Waals surface area contributed by atoms with Crippen molar-refractivity contribution in [2.75, 3.05) is 0 Å². The topological polar surface area (TPSA) is 124 Å². The second-order valence-electron chi connectivity index (χ2n) is 6.80. The zero-order chi connectivity index (χ0) is 19.0. The molecule has 25 heavy (non-hydrogen) atoms. The van der Waals surface area contributed by atoms with Crippen molar-refractivity contribution < 1.29 is 19.7 Å². The Morgan fingerprint density at radius 3 is 2.24 bits per heavy atom. The predicted molar refractivity (Wildman–Crippen MR) is 90.5 cm³/mol. The molecule has 1 N–H and O–H groups in total. The fourth-order valence-corrected chi connectivity index (χ4v) is 3.48. The molecular weight excluding hydrogens is 328 g/mol. The fraction of sp³-hybridized carbons (Fsp3) is 0.471. The van der Waals surface area contributed by atoms with Crippen molar-refractivity contribution in [1.29, 1.82) is 0 Å². The van der Waals surface area contributed by atoms with Gasteiger partial charge in [0.25, 0.3) is 5.69 Å². The van der Waals surface area contributed by atoms with Gasteiger partial charge in [0, 0.05) is 35.5 Å². The van der Waals surface area contributed by atoms with Crippen LogP contribution in [-0.2, 0) is 4.79 Å². The van der Waals surface area contributed by atoms with Gasteiger partial charge >= 0.3 is 0 Å². The minimum absolute atomic E-state index is 0.0343. The molecule has 0 radical (unpaired) electrons. The lowest BCUT2D eigenvalue weighted by molar-refractivity contribution is -0.558. The highest BCUT2D eigenvalue weighted by Crippen LogP contribution is 2.47. The molecule has 0 aromatic heterocycles. The molecule has 0 heterocycles. The van der Waals surface area contributed by atoms with Crippen molar-refractivity contribution in [3.8, 4) is 0 Å². The van der Waals surface area contributed by atoms with E-state index in [4.69, 9.17) is 0 Å². The smallest absolute Gasteiger partial charge is 0.269 e. The molecule has 1 aromatic carbocycles. The number of hydrogen-bond donors (Lipinski definition) is 1. The van der Waals surface area contributed by atoms with Crippen molar-refractivity contribution in [3.63, 3.8) is 0 Å². The number of aliphatic hydroxyl groups is 1. The summed E-state index contributed by atoms with van der Waals surface area (Å²) in [6.07, 6.45) is -0.0328. The second kappa shape index (κ2) is 6.36. The lowest BCUT2D eigenvalue weighted by Gasteiger charge is -2.42. The minimum atomic E-state index is -1.59. The molecule has 3 atom stereocenters. The lowest BCUT2D eigenvalue weighted by Crippen LogP contribution is -2.54. The van der Waals surface area contributed by atoms with E-state index in [0.717, 1.165) is 0 Å². The van der Waals surface area contributed by atoms with Gasteiger partial charge in [-0.2, -0.15) is 0 Å². The van der Waals surface area contributed by atoms with Gasteiger partial charge in [-0.05, 0) is 38.0 Å². The molecule has 8 heteroatoms. The van der Waals surface area contributed by atoms with Gasteiger partial charge in [-0.1, -0.05) is 6.58 Å². The minimum Gasteiger partial charge on any atom is -0.389 e. The van der Waals surface area contributed by atoms with Gasteiger partial charge in [0.1, 0.15) is 5.78 Å². The summed E-state index contributed by atoms with van der Waals surface area (Å²) in [6, 6.07) is 5.35. The Bertz CT molecular complexity index is 740. The summed E-state index contributed by atoms with van der Waals surface area (Å²) in [6.45, 7) is 6.67. The van der Waals surface area contributed by atoms with Crippen LogP contribution < -0.4 is 0 Å². The monoisotopic (exact) mass is 348 g/mol. The number of non-ortho nitro benzene ring substituents is 1. The van der Waals surface area contributed by atoms with E-state index in [1.54, 1.807) is 0 Å². The van der Waals surface area contributed by atoms with E-state index in [1.165, 1.54) is 38.1 Å². The van der Waals surface area contributed by atoms with Crippen LogP contribution in [0.5, 0.6) is 0 Å². The molecule has 134 valence electrons. The Kier molecular flexibility index (Phi) is 4.76. The molecule has 8 nitrogen and oxygen atoms in total. The van der Waals surface area contributed by atoms with Gasteiger partial charge < -0.3 is 5.11 Å². The van der Waals surface area contributed by atoms with Crippen LogP contribution >= 0.6 is 0 Å². The highest BCUT2D eigenvalue weighted by Gasteiger charge is 2.56. The molecule has 0 unspecified atom stereocenters. The highest BCUT2D eigenvalue weighted by atomic mass is 16.6. The van der Waals surface area contributed by atoms with E-state index in [9.17, 15) is 30.1 Å². The summed E-state index contributed by atoms with van der Waals surface area (Å²) in [5.41, 5.74) is -2.42. The molecule has 1 fully saturated rings. The first kappa shape index (κ1) is 18.7. The molecule has 0 saturated heterocycles. The van der Waals surface area contributed by atoms with Crippen molar-refractivity contribution in [3.05, 3.63) is 56.6 Å². The summed E-state index contributed by atoms with van der Waals surface area (Å²) in [5.74, 6) is -1.19. The van der Waals surface area contributed by atoms with Crippen LogP contribution in [-0.4, -0.2) is 31.9 Å². The summed E-state index contributed by atoms with van der Waals surface area (Å²) in [7, 11) is 0. The van der Waals surface area contributed by atoms with Crippen LogP contribution in [0.4, 0.5) is 5.69 Å². The first-order chi connectivity index (χ1) is 11.5. The largest absolute Gasteiger partial charge is 0.389 e. The third kappa shape index (κ3) is 3.30. The van der Waals surface area contributed by atoms with Crippen LogP contribution in [0.15, 0.2) is 30.8 Å². The third-order valence-corrected chi connectivity index (χ3v) is 5.17. The average molecular weight is 348 g/mol. The number of hydrogen-bond acceptors (Lipinski definition) is 6. The van der Waals surface area contributed by atoms with Gasteiger partial charge in [0.15, 0.2) is 0 Å². The van der Waals surface area contributed by atoms with Gasteiger partial charge in [-0.3, -0.25) is 25.0 Å². The quantitative estimate of drug-likeness (QED) is 0.644. The molecule has 0 amide bonds. The third-order valence-electron chi connectivity index (χ3n) is 5.17. The maximum atomic E-state index is 11.9. The van der Waals surface area contributed by atoms with E-state index >= 15 is 0 Å². The number of carbonyl (C=O) groups excluding carboxylic acids is 1. The van der Waals surface area contributed by atoms with Gasteiger partial charge in [-0.25, -0.2) is 0 Å². The fourth-order valence-electron chi connectivity index (χ4n) is 3.48. The van der Waals surface area contributed by atoms with Crippen LogP contribution in [0.3, 0.4) is 0 Å². The number of ketones is 1. The molecule has 0 aliphatic heterocycles. The zero-order valence-corrected chi connectivity index (χ0v) is 14.1. The average Bonchev–Trinajstić information content (AvgIpc) is 2.53. The van der Waals surface area contributed by atoms with Gasteiger partial charge in [-0.15, -0.1) is 0 Å². The van der Waals surface area contributed by atoms with E-state index in [0.29, 0.717) is 5.56 Å². The Morgan fingerprint density at radius 2 is 1.80 bits per heavy atom. The number of nitrogens with zero attached hydrogens (tertiary/aromatic N) is 2. The molecular formula is C17H20N2O6. The van der Waals surface area contributed by atoms with Crippen molar-refractivity contribution in [2.45, 2.75) is 44.2 Å². The van der Waals surface area contributed by atoms with Crippen molar-refractivity contribution in [2.24, 2.45) is 5.92 Å². The lowest BCUT2D eigenvalue weighted by atomic mass is 9.64. The van der Waals surface area contributed by atoms with Gasteiger partial charge in [0.2, 0.25) is 5.54 Å². The first-order valence-corrected chi connectivity index (χ1v) is 7.83. The van der Waals surface area contributed by atoms with Gasteiger partial charge in [0.05, 0.1) is 16.4 Å². The molecule has 2 rings (SSSR count). The first-order valence-electron chi connectivity index (χ1n) is 7.83. The Labute approximate surface area is 144 Å². The highest BCUT2D eigenvalue weighted by molar-refractivity contribution is 5.81. The van der Waals surface area contributed by atoms with Crippen LogP contribution in [0, 0.1) is 26.1 Å². The number of nitro benzene ring substituents is 1. The number of nitro groups is 2. The molecule has 1 saturated carbocycles. The van der Waals surface area contributed by atoms with Crippen LogP contribution in [0.25, 0.3) is 5.57 Å². The van der Waals surface area contributed by atoms with E-state index < -0.39 is 26.9 Å². The normalized spacial score (nSPS) is 29.0. The molecule has 1 aliphatic rings. The molecule has 1 aromatic rings. The Hall–Kier alpha value is -2.61. The van der Waals surface area contributed by atoms with Crippen LogP contribution in [0.2, 0.25) is 0 Å². The summed E-state index contributed by atoms with van der Waals surface area (Å²) in [5, 5.41) is 33.1. The van der Waals surface area contributed by atoms with Crippen molar-refractivity contribution >= 4 is 17.0 Å². The summed E-state index contributed by atoms with van der Waals surface area (Å²) >= 11 is 0. The Morgan fingerprint density at radius 1 is 1.24 bits per heavy atom. The summed E-state index contributed by atoms with van der Waals surface area (Å²) in [4.78, 5) is 33.5. The number of carbonyl (C=O) groups is 1. The zero-order valence-electron chi connectivity index (χ0n) is 14.1. The second-order valence-corrected chi connectivity index (χ2v) is 6.80. The molecule has 0 bridgehead atoms. The number of benzene rings is 1. The maximum absolute atomic E-state index is 11.9. The number of rotatable bonds is 5. The standard InChI is InChI=1S/C17H20N2O6/c1-11(13-4-6-14(7-5-13)18(22)23)17(19(24)25)9-8-16(3,21)15(10-17)12(2)20/h4-7,15,21H,1,8-10H2,2-3H3/t15-,16-,17-/m1/s1. The number of Topliss-reactive ketones (excluding diaryl/α,β-unsaturated/α-hetero) is 1. The van der Waals surface area contributed by atoms with Crippen LogP contribution in [0.1, 0.15) is 38.7 Å². The van der Waals surface area contributed by atoms with E-state index in [1.807, 2.05) is 0 Å². The predicted octanol–water partition coefficient (Wildman–Crippen LogP) is 2.76. The Balaban J connectivity index is 2.43. The molecule has 1 aliphatic carbocycles. The van der Waals surface area contributed by atoms with E-state index in [2.05, 4.69) is 6.58 Å².